The van der Waals surface area contributed by atoms with Crippen LogP contribution in [0.15, 0.2) is 12.2 Å². The second-order valence-corrected chi connectivity index (χ2v) is 3.03. The van der Waals surface area contributed by atoms with Crippen molar-refractivity contribution >= 4 is 0 Å². The van der Waals surface area contributed by atoms with Crippen LogP contribution in [0.2, 0.25) is 0 Å². The lowest BCUT2D eigenvalue weighted by atomic mass is 10.1. The highest BCUT2D eigenvalue weighted by Crippen LogP contribution is 2.06. The molecule has 0 radical (unpaired) electrons. The third kappa shape index (κ3) is 9.23. The van der Waals surface area contributed by atoms with Gasteiger partial charge in [0.1, 0.15) is 0 Å². The maximum absolute atomic E-state index is 8.28. The maximum Gasteiger partial charge on any atom is 0.0621 e. The first-order valence-corrected chi connectivity index (χ1v) is 4.90. The molecule has 0 aliphatic rings. The van der Waals surface area contributed by atoms with E-state index in [1.54, 1.807) is 0 Å². The summed E-state index contributed by atoms with van der Waals surface area (Å²) in [4.78, 5) is 0. The topological polar surface area (TPSA) is 23.8 Å². The molecular weight excluding hydrogens is 146 g/mol. The minimum absolute atomic E-state index is 0.731. The summed E-state index contributed by atoms with van der Waals surface area (Å²) in [6.45, 7) is 2.06. The minimum atomic E-state index is 0.731. The monoisotopic (exact) mass is 165 g/mol. The average Bonchev–Trinajstić information content (AvgIpc) is 2.10. The van der Waals surface area contributed by atoms with Gasteiger partial charge in [-0.3, -0.25) is 0 Å². The Hall–Kier alpha value is -0.770. The molecule has 0 aromatic heterocycles. The van der Waals surface area contributed by atoms with Gasteiger partial charge in [0, 0.05) is 6.42 Å². The summed E-state index contributed by atoms with van der Waals surface area (Å²) in [6.07, 6.45) is 12.5. The van der Waals surface area contributed by atoms with Crippen molar-refractivity contribution in [2.24, 2.45) is 0 Å². The average molecular weight is 165 g/mol. The molecule has 0 spiro atoms. The molecule has 0 atom stereocenters. The Bertz CT molecular complexity index is 142. The lowest BCUT2D eigenvalue weighted by molar-refractivity contribution is 0.624. The fourth-order valence-corrected chi connectivity index (χ4v) is 1.16. The van der Waals surface area contributed by atoms with Gasteiger partial charge >= 0.3 is 0 Å². The molecule has 0 aromatic carbocycles. The van der Waals surface area contributed by atoms with Crippen LogP contribution in [-0.4, -0.2) is 0 Å². The Morgan fingerprint density at radius 2 is 1.75 bits per heavy atom. The maximum atomic E-state index is 8.28. The highest BCUT2D eigenvalue weighted by molar-refractivity contribution is 4.76. The van der Waals surface area contributed by atoms with Gasteiger partial charge in [0.25, 0.3) is 0 Å². The number of unbranched alkanes of at least 4 members (excludes halogenated alkanes) is 6. The third-order valence-electron chi connectivity index (χ3n) is 1.90. The predicted molar refractivity (Wildman–Crippen MR) is 52.7 cm³/mol. The van der Waals surface area contributed by atoms with Gasteiger partial charge in [-0.2, -0.15) is 5.26 Å². The Morgan fingerprint density at radius 3 is 2.42 bits per heavy atom. The molecule has 0 amide bonds. The van der Waals surface area contributed by atoms with Crippen molar-refractivity contribution in [1.29, 1.82) is 5.26 Å². The van der Waals surface area contributed by atoms with Crippen LogP contribution in [0, 0.1) is 11.3 Å². The fraction of sp³-hybridized carbons (Fsp3) is 0.727. The van der Waals surface area contributed by atoms with Crippen molar-refractivity contribution in [2.45, 2.75) is 51.9 Å². The number of allylic oxidation sites excluding steroid dienone is 2. The molecule has 0 N–H and O–H groups in total. The van der Waals surface area contributed by atoms with Crippen molar-refractivity contribution in [3.05, 3.63) is 12.2 Å². The molecule has 0 saturated carbocycles. The highest BCUT2D eigenvalue weighted by Gasteiger charge is 1.88. The number of nitrogens with zero attached hydrogens (tertiary/aromatic N) is 1. The first-order valence-electron chi connectivity index (χ1n) is 4.90. The molecule has 1 nitrogen and oxygen atoms in total. The molecule has 1 heteroatoms. The lowest BCUT2D eigenvalue weighted by Gasteiger charge is -1.96. The summed E-state index contributed by atoms with van der Waals surface area (Å²) in [5, 5.41) is 8.28. The van der Waals surface area contributed by atoms with Crippen LogP contribution in [0.1, 0.15) is 51.9 Å². The van der Waals surface area contributed by atoms with Crippen LogP contribution in [-0.2, 0) is 0 Å². The van der Waals surface area contributed by atoms with Gasteiger partial charge in [-0.15, -0.1) is 0 Å². The van der Waals surface area contributed by atoms with Crippen LogP contribution in [0.25, 0.3) is 0 Å². The minimum Gasteiger partial charge on any atom is -0.198 e. The molecule has 0 aliphatic heterocycles. The van der Waals surface area contributed by atoms with Crippen molar-refractivity contribution < 1.29 is 0 Å². The van der Waals surface area contributed by atoms with E-state index in [1.807, 2.05) is 0 Å². The van der Waals surface area contributed by atoms with E-state index in [4.69, 9.17) is 5.26 Å². The normalized spacial score (nSPS) is 10.3. The molecule has 0 saturated heterocycles. The Kier molecular flexibility index (Phi) is 9.57. The number of hydrogen-bond donors (Lipinski definition) is 0. The van der Waals surface area contributed by atoms with E-state index in [-0.39, 0.29) is 0 Å². The molecule has 0 bridgehead atoms. The Labute approximate surface area is 76.1 Å². The van der Waals surface area contributed by atoms with Gasteiger partial charge in [0.15, 0.2) is 0 Å². The SMILES string of the molecule is CC=CCCCCCCCC#N. The molecule has 68 valence electrons. The van der Waals surface area contributed by atoms with E-state index in [0.717, 1.165) is 12.8 Å². The van der Waals surface area contributed by atoms with Gasteiger partial charge in [-0.1, -0.05) is 31.4 Å². The fourth-order valence-electron chi connectivity index (χ4n) is 1.16. The van der Waals surface area contributed by atoms with Crippen LogP contribution in [0.3, 0.4) is 0 Å². The molecular formula is C11H19N. The van der Waals surface area contributed by atoms with Crippen molar-refractivity contribution in [2.75, 3.05) is 0 Å². The molecule has 0 fully saturated rings. The standard InChI is InChI=1S/C11H19N/c1-2-3-4-5-6-7-8-9-10-11-12/h2-3H,4-10H2,1H3. The zero-order valence-electron chi connectivity index (χ0n) is 8.05. The molecule has 12 heavy (non-hydrogen) atoms. The number of hydrogen-bond acceptors (Lipinski definition) is 1. The van der Waals surface area contributed by atoms with E-state index >= 15 is 0 Å². The van der Waals surface area contributed by atoms with Gasteiger partial charge < -0.3 is 0 Å². The van der Waals surface area contributed by atoms with E-state index in [9.17, 15) is 0 Å². The van der Waals surface area contributed by atoms with Crippen LogP contribution in [0.4, 0.5) is 0 Å². The largest absolute Gasteiger partial charge is 0.198 e. The van der Waals surface area contributed by atoms with Crippen LogP contribution in [0.5, 0.6) is 0 Å². The first-order chi connectivity index (χ1) is 5.91. The molecule has 0 aliphatic carbocycles. The summed E-state index contributed by atoms with van der Waals surface area (Å²) in [5.74, 6) is 0. The smallest absolute Gasteiger partial charge is 0.0621 e. The lowest BCUT2D eigenvalue weighted by Crippen LogP contribution is -1.77. The van der Waals surface area contributed by atoms with Gasteiger partial charge in [-0.25, -0.2) is 0 Å². The quantitative estimate of drug-likeness (QED) is 0.415. The van der Waals surface area contributed by atoms with Crippen LogP contribution < -0.4 is 0 Å². The molecule has 0 unspecified atom stereocenters. The molecule has 0 rings (SSSR count). The summed E-state index contributed by atoms with van der Waals surface area (Å²) in [5.41, 5.74) is 0. The summed E-state index contributed by atoms with van der Waals surface area (Å²) >= 11 is 0. The van der Waals surface area contributed by atoms with E-state index in [0.29, 0.717) is 0 Å². The van der Waals surface area contributed by atoms with Gasteiger partial charge in [0.05, 0.1) is 6.07 Å². The van der Waals surface area contributed by atoms with E-state index in [1.165, 1.54) is 32.1 Å². The zero-order valence-corrected chi connectivity index (χ0v) is 8.05. The summed E-state index contributed by atoms with van der Waals surface area (Å²) in [6, 6.07) is 2.17. The first kappa shape index (κ1) is 11.2. The summed E-state index contributed by atoms with van der Waals surface area (Å²) in [7, 11) is 0. The van der Waals surface area contributed by atoms with Crippen molar-refractivity contribution in [3.8, 4) is 6.07 Å². The number of nitriles is 1. The van der Waals surface area contributed by atoms with E-state index in [2.05, 4.69) is 25.1 Å². The third-order valence-corrected chi connectivity index (χ3v) is 1.90. The second kappa shape index (κ2) is 10.2. The highest BCUT2D eigenvalue weighted by atomic mass is 14.2. The zero-order chi connectivity index (χ0) is 9.07. The van der Waals surface area contributed by atoms with Crippen molar-refractivity contribution in [3.63, 3.8) is 0 Å². The van der Waals surface area contributed by atoms with Crippen LogP contribution >= 0.6 is 0 Å². The predicted octanol–water partition coefficient (Wildman–Crippen LogP) is 3.82. The number of rotatable bonds is 7. The summed E-state index contributed by atoms with van der Waals surface area (Å²) < 4.78 is 0. The molecule has 0 heterocycles. The Balaban J connectivity index is 2.87. The van der Waals surface area contributed by atoms with Gasteiger partial charge in [-0.05, 0) is 26.2 Å². The molecule has 0 aromatic rings. The van der Waals surface area contributed by atoms with E-state index < -0.39 is 0 Å². The Morgan fingerprint density at radius 1 is 1.08 bits per heavy atom. The van der Waals surface area contributed by atoms with Gasteiger partial charge in [0.2, 0.25) is 0 Å². The van der Waals surface area contributed by atoms with Crippen molar-refractivity contribution in [1.82, 2.24) is 0 Å². The second-order valence-electron chi connectivity index (χ2n) is 3.03.